The first kappa shape index (κ1) is 15.7. The average molecular weight is 251 g/mol. The lowest BCUT2D eigenvalue weighted by atomic mass is 9.89. The fourth-order valence-electron chi connectivity index (χ4n) is 2.02. The number of rotatable bonds is 5. The third kappa shape index (κ3) is 5.68. The molecular weight excluding hydrogens is 228 g/mol. The first-order valence-corrected chi connectivity index (χ1v) is 5.76. The predicted octanol–water partition coefficient (Wildman–Crippen LogP) is 1.08. The van der Waals surface area contributed by atoms with E-state index < -0.39 is 6.04 Å². The molecule has 0 aliphatic heterocycles. The Hall–Kier alpha value is -0.320. The third-order valence-corrected chi connectivity index (χ3v) is 2.97. The van der Waals surface area contributed by atoms with Gasteiger partial charge in [-0.3, -0.25) is 4.79 Å². The van der Waals surface area contributed by atoms with E-state index in [-0.39, 0.29) is 24.9 Å². The molecule has 0 spiro atoms. The van der Waals surface area contributed by atoms with E-state index >= 15 is 0 Å². The first-order chi connectivity index (χ1) is 7.24. The van der Waals surface area contributed by atoms with Gasteiger partial charge in [-0.25, -0.2) is 0 Å². The van der Waals surface area contributed by atoms with Gasteiger partial charge in [0.05, 0.1) is 6.61 Å². The molecule has 4 nitrogen and oxygen atoms in total. The van der Waals surface area contributed by atoms with Crippen LogP contribution in [0.1, 0.15) is 32.1 Å². The molecule has 0 aromatic carbocycles. The van der Waals surface area contributed by atoms with Crippen LogP contribution in [0.15, 0.2) is 0 Å². The Balaban J connectivity index is 0.00000225. The Labute approximate surface area is 104 Å². The van der Waals surface area contributed by atoms with Crippen molar-refractivity contribution in [2.45, 2.75) is 38.1 Å². The lowest BCUT2D eigenvalue weighted by molar-refractivity contribution is -0.123. The van der Waals surface area contributed by atoms with Crippen LogP contribution in [0, 0.1) is 5.92 Å². The monoisotopic (exact) mass is 250 g/mol. The number of halogens is 1. The van der Waals surface area contributed by atoms with E-state index in [2.05, 4.69) is 5.32 Å². The van der Waals surface area contributed by atoms with Crippen LogP contribution in [0.5, 0.6) is 0 Å². The first-order valence-electron chi connectivity index (χ1n) is 5.76. The van der Waals surface area contributed by atoms with Gasteiger partial charge in [0.25, 0.3) is 0 Å². The molecule has 0 aromatic heterocycles. The topological polar surface area (TPSA) is 64.3 Å². The van der Waals surface area contributed by atoms with Crippen molar-refractivity contribution in [2.75, 3.05) is 20.3 Å². The zero-order chi connectivity index (χ0) is 11.1. The second-order valence-corrected chi connectivity index (χ2v) is 4.31. The van der Waals surface area contributed by atoms with Gasteiger partial charge in [0.1, 0.15) is 6.04 Å². The number of ether oxygens (including phenoxy) is 1. The third-order valence-electron chi connectivity index (χ3n) is 2.97. The van der Waals surface area contributed by atoms with Gasteiger partial charge in [-0.05, 0) is 18.8 Å². The second-order valence-electron chi connectivity index (χ2n) is 4.31. The zero-order valence-electron chi connectivity index (χ0n) is 9.91. The zero-order valence-corrected chi connectivity index (χ0v) is 10.7. The largest absolute Gasteiger partial charge is 0.383 e. The molecule has 96 valence electrons. The molecule has 1 amide bonds. The van der Waals surface area contributed by atoms with Gasteiger partial charge in [-0.15, -0.1) is 12.4 Å². The Bertz CT molecular complexity index is 196. The fraction of sp³-hybridized carbons (Fsp3) is 0.909. The molecule has 0 radical (unpaired) electrons. The summed E-state index contributed by atoms with van der Waals surface area (Å²) in [4.78, 5) is 11.5. The molecule has 1 rings (SSSR count). The molecule has 0 aromatic rings. The van der Waals surface area contributed by atoms with Crippen molar-refractivity contribution in [1.82, 2.24) is 5.32 Å². The summed E-state index contributed by atoms with van der Waals surface area (Å²) in [6.45, 7) is 1.06. The maximum atomic E-state index is 11.5. The van der Waals surface area contributed by atoms with Crippen molar-refractivity contribution >= 4 is 18.3 Å². The van der Waals surface area contributed by atoms with Crippen molar-refractivity contribution in [2.24, 2.45) is 11.7 Å². The second kappa shape index (κ2) is 8.79. The van der Waals surface area contributed by atoms with Gasteiger partial charge in [-0.2, -0.15) is 0 Å². The standard InChI is InChI=1S/C11H22N2O2.ClH/c1-15-8-10(12)11(14)13-7-9-5-3-2-4-6-9;/h9-10H,2-8,12H2,1H3,(H,13,14);1H. The number of amides is 1. The summed E-state index contributed by atoms with van der Waals surface area (Å²) in [5.74, 6) is 0.555. The summed E-state index contributed by atoms with van der Waals surface area (Å²) in [6, 6.07) is -0.529. The number of hydrogen-bond acceptors (Lipinski definition) is 3. The molecule has 0 saturated heterocycles. The quantitative estimate of drug-likeness (QED) is 0.768. The van der Waals surface area contributed by atoms with Crippen LogP contribution >= 0.6 is 12.4 Å². The molecule has 1 aliphatic rings. The summed E-state index contributed by atoms with van der Waals surface area (Å²) >= 11 is 0. The molecule has 1 saturated carbocycles. The summed E-state index contributed by atoms with van der Waals surface area (Å²) in [6.07, 6.45) is 6.41. The lowest BCUT2D eigenvalue weighted by Crippen LogP contribution is -2.45. The molecule has 5 heteroatoms. The van der Waals surface area contributed by atoms with E-state index in [1.807, 2.05) is 0 Å². The molecule has 0 heterocycles. The summed E-state index contributed by atoms with van der Waals surface area (Å²) in [5, 5.41) is 2.89. The van der Waals surface area contributed by atoms with Crippen LogP contribution < -0.4 is 11.1 Å². The number of carbonyl (C=O) groups is 1. The summed E-state index contributed by atoms with van der Waals surface area (Å²) in [5.41, 5.74) is 5.61. The number of hydrogen-bond donors (Lipinski definition) is 2. The smallest absolute Gasteiger partial charge is 0.239 e. The predicted molar refractivity (Wildman–Crippen MR) is 66.7 cm³/mol. The Morgan fingerprint density at radius 3 is 2.62 bits per heavy atom. The fourth-order valence-corrected chi connectivity index (χ4v) is 2.02. The van der Waals surface area contributed by atoms with Crippen LogP contribution in [0.4, 0.5) is 0 Å². The summed E-state index contributed by atoms with van der Waals surface area (Å²) in [7, 11) is 1.55. The minimum Gasteiger partial charge on any atom is -0.383 e. The SMILES string of the molecule is COCC(N)C(=O)NCC1CCCCC1.Cl. The molecule has 0 bridgehead atoms. The van der Waals surface area contributed by atoms with Gasteiger partial charge in [0.15, 0.2) is 0 Å². The van der Waals surface area contributed by atoms with Gasteiger partial charge >= 0.3 is 0 Å². The molecule has 16 heavy (non-hydrogen) atoms. The molecule has 1 aliphatic carbocycles. The Morgan fingerprint density at radius 1 is 1.44 bits per heavy atom. The van der Waals surface area contributed by atoms with E-state index in [4.69, 9.17) is 10.5 Å². The van der Waals surface area contributed by atoms with Gasteiger partial charge in [0, 0.05) is 13.7 Å². The van der Waals surface area contributed by atoms with E-state index in [0.29, 0.717) is 5.92 Å². The number of carbonyl (C=O) groups excluding carboxylic acids is 1. The minimum absolute atomic E-state index is 0. The highest BCUT2D eigenvalue weighted by Crippen LogP contribution is 2.22. The molecule has 1 atom stereocenters. The van der Waals surface area contributed by atoms with Gasteiger partial charge in [-0.1, -0.05) is 19.3 Å². The highest BCUT2D eigenvalue weighted by molar-refractivity contribution is 5.85. The lowest BCUT2D eigenvalue weighted by Gasteiger charge is -2.22. The van der Waals surface area contributed by atoms with Crippen molar-refractivity contribution in [1.29, 1.82) is 0 Å². The van der Waals surface area contributed by atoms with Crippen LogP contribution in [-0.4, -0.2) is 32.2 Å². The Morgan fingerprint density at radius 2 is 2.06 bits per heavy atom. The molecule has 1 unspecified atom stereocenters. The van der Waals surface area contributed by atoms with Crippen LogP contribution in [-0.2, 0) is 9.53 Å². The average Bonchev–Trinajstić information content (AvgIpc) is 2.27. The van der Waals surface area contributed by atoms with Crippen molar-refractivity contribution in [3.05, 3.63) is 0 Å². The van der Waals surface area contributed by atoms with Crippen LogP contribution in [0.3, 0.4) is 0 Å². The maximum absolute atomic E-state index is 11.5. The van der Waals surface area contributed by atoms with Crippen LogP contribution in [0.25, 0.3) is 0 Å². The number of methoxy groups -OCH3 is 1. The Kier molecular flexibility index (Phi) is 8.61. The highest BCUT2D eigenvalue weighted by Gasteiger charge is 2.17. The molecule has 1 fully saturated rings. The number of nitrogens with one attached hydrogen (secondary N) is 1. The van der Waals surface area contributed by atoms with Gasteiger partial charge in [0.2, 0.25) is 5.91 Å². The highest BCUT2D eigenvalue weighted by atomic mass is 35.5. The normalized spacial score (nSPS) is 18.6. The number of nitrogens with two attached hydrogens (primary N) is 1. The summed E-state index contributed by atoms with van der Waals surface area (Å²) < 4.78 is 4.83. The van der Waals surface area contributed by atoms with Crippen LogP contribution in [0.2, 0.25) is 0 Å². The van der Waals surface area contributed by atoms with Gasteiger partial charge < -0.3 is 15.8 Å². The van der Waals surface area contributed by atoms with E-state index in [0.717, 1.165) is 6.54 Å². The van der Waals surface area contributed by atoms with E-state index in [1.54, 1.807) is 7.11 Å². The molecule has 3 N–H and O–H groups in total. The van der Waals surface area contributed by atoms with E-state index in [1.165, 1.54) is 32.1 Å². The minimum atomic E-state index is -0.529. The maximum Gasteiger partial charge on any atom is 0.239 e. The molecular formula is C11H23ClN2O2. The van der Waals surface area contributed by atoms with E-state index in [9.17, 15) is 4.79 Å². The van der Waals surface area contributed by atoms with Crippen molar-refractivity contribution < 1.29 is 9.53 Å². The van der Waals surface area contributed by atoms with Crippen molar-refractivity contribution in [3.8, 4) is 0 Å². The van der Waals surface area contributed by atoms with Crippen molar-refractivity contribution in [3.63, 3.8) is 0 Å².